The van der Waals surface area contributed by atoms with E-state index in [1.54, 1.807) is 0 Å². The van der Waals surface area contributed by atoms with Gasteiger partial charge in [0.1, 0.15) is 11.2 Å². The van der Waals surface area contributed by atoms with Crippen LogP contribution in [0.3, 0.4) is 0 Å². The summed E-state index contributed by atoms with van der Waals surface area (Å²) in [7, 11) is 0. The molecule has 11 aromatic rings. The third-order valence-electron chi connectivity index (χ3n) is 10.2. The number of para-hydroxylation sites is 2. The lowest BCUT2D eigenvalue weighted by Gasteiger charge is -2.13. The maximum Gasteiger partial charge on any atom is 0.146 e. The second-order valence-electron chi connectivity index (χ2n) is 13.1. The molecule has 0 saturated heterocycles. The Morgan fingerprint density at radius 1 is 0.471 bits per heavy atom. The monoisotopic (exact) mass is 668 g/mol. The van der Waals surface area contributed by atoms with E-state index >= 15 is 0 Å². The molecule has 0 radical (unpaired) electrons. The zero-order valence-electron chi connectivity index (χ0n) is 27.4. The smallest absolute Gasteiger partial charge is 0.146 e. The van der Waals surface area contributed by atoms with E-state index in [1.807, 2.05) is 23.5 Å². The standard InChI is InChI=1S/C47H28N2OS/c1-3-13-30(14-4-1)37-27-32(28-38(48-37)31-15-5-2-6-16-31)29-23-25-33(26-24-29)49-39-20-10-7-17-34(39)42-45(49)43-36-19-9-12-22-41(36)51-47(43)44-35-18-8-11-21-40(35)50-46(42)44/h1-28H. The maximum absolute atomic E-state index is 6.79. The summed E-state index contributed by atoms with van der Waals surface area (Å²) in [5, 5.41) is 7.26. The molecule has 0 aliphatic heterocycles. The molecular formula is C47H28N2OS. The Morgan fingerprint density at radius 3 is 1.80 bits per heavy atom. The Kier molecular flexibility index (Phi) is 6.12. The second kappa shape index (κ2) is 11.0. The third-order valence-corrected chi connectivity index (χ3v) is 11.4. The predicted octanol–water partition coefficient (Wildman–Crippen LogP) is 13.4. The van der Waals surface area contributed by atoms with Crippen LogP contribution in [-0.2, 0) is 0 Å². The first-order valence-corrected chi connectivity index (χ1v) is 18.0. The van der Waals surface area contributed by atoms with E-state index in [2.05, 4.69) is 162 Å². The molecule has 4 heterocycles. The molecule has 0 N–H and O–H groups in total. The molecule has 3 nitrogen and oxygen atoms in total. The number of thiophene rings is 1. The van der Waals surface area contributed by atoms with Crippen molar-refractivity contribution < 1.29 is 4.42 Å². The number of rotatable bonds is 4. The van der Waals surface area contributed by atoms with Crippen molar-refractivity contribution >= 4 is 75.3 Å². The van der Waals surface area contributed by atoms with Crippen molar-refractivity contribution in [2.75, 3.05) is 0 Å². The van der Waals surface area contributed by atoms with E-state index in [-0.39, 0.29) is 0 Å². The minimum Gasteiger partial charge on any atom is -0.455 e. The molecule has 0 aliphatic carbocycles. The summed E-state index contributed by atoms with van der Waals surface area (Å²) in [5.41, 5.74) is 11.7. The Morgan fingerprint density at radius 2 is 1.08 bits per heavy atom. The van der Waals surface area contributed by atoms with E-state index in [0.717, 1.165) is 66.8 Å². The number of aromatic nitrogens is 2. The molecular weight excluding hydrogens is 641 g/mol. The van der Waals surface area contributed by atoms with Crippen LogP contribution in [0.5, 0.6) is 0 Å². The number of fused-ring (bicyclic) bond motifs is 12. The average Bonchev–Trinajstić information content (AvgIpc) is 3.88. The van der Waals surface area contributed by atoms with Gasteiger partial charge in [0.05, 0.1) is 27.8 Å². The Bertz CT molecular complexity index is 3030. The third kappa shape index (κ3) is 4.27. The molecule has 0 spiro atoms. The van der Waals surface area contributed by atoms with Crippen molar-refractivity contribution in [3.05, 3.63) is 170 Å². The molecule has 7 aromatic carbocycles. The van der Waals surface area contributed by atoms with E-state index < -0.39 is 0 Å². The van der Waals surface area contributed by atoms with Crippen LogP contribution in [0.4, 0.5) is 0 Å². The number of furan rings is 1. The highest BCUT2D eigenvalue weighted by atomic mass is 32.1. The summed E-state index contributed by atoms with van der Waals surface area (Å²) in [6.07, 6.45) is 0. The summed E-state index contributed by atoms with van der Waals surface area (Å²) in [6, 6.07) is 60.3. The van der Waals surface area contributed by atoms with Gasteiger partial charge in [0, 0.05) is 53.1 Å². The highest BCUT2D eigenvalue weighted by molar-refractivity contribution is 7.27. The van der Waals surface area contributed by atoms with Crippen LogP contribution in [0.2, 0.25) is 0 Å². The summed E-state index contributed by atoms with van der Waals surface area (Å²) < 4.78 is 11.8. The molecule has 51 heavy (non-hydrogen) atoms. The summed E-state index contributed by atoms with van der Waals surface area (Å²) in [6.45, 7) is 0. The van der Waals surface area contributed by atoms with Crippen LogP contribution in [0.15, 0.2) is 174 Å². The maximum atomic E-state index is 6.79. The lowest BCUT2D eigenvalue weighted by Crippen LogP contribution is -1.95. The predicted molar refractivity (Wildman–Crippen MR) is 215 cm³/mol. The summed E-state index contributed by atoms with van der Waals surface area (Å²) >= 11 is 1.86. The molecule has 11 rings (SSSR count). The first kappa shape index (κ1) is 28.4. The lowest BCUT2D eigenvalue weighted by molar-refractivity contribution is 0.673. The van der Waals surface area contributed by atoms with Crippen LogP contribution in [-0.4, -0.2) is 9.55 Å². The van der Waals surface area contributed by atoms with Crippen LogP contribution >= 0.6 is 11.3 Å². The largest absolute Gasteiger partial charge is 0.455 e. The zero-order valence-corrected chi connectivity index (χ0v) is 28.2. The van der Waals surface area contributed by atoms with E-state index in [4.69, 9.17) is 9.40 Å². The molecule has 0 saturated carbocycles. The quantitative estimate of drug-likeness (QED) is 0.187. The molecule has 0 aliphatic rings. The van der Waals surface area contributed by atoms with Gasteiger partial charge in [-0.1, -0.05) is 127 Å². The minimum atomic E-state index is 0.919. The van der Waals surface area contributed by atoms with Crippen molar-refractivity contribution in [3.8, 4) is 39.3 Å². The fourth-order valence-corrected chi connectivity index (χ4v) is 9.15. The van der Waals surface area contributed by atoms with Crippen LogP contribution in [0, 0.1) is 0 Å². The molecule has 0 atom stereocenters. The van der Waals surface area contributed by atoms with Crippen molar-refractivity contribution in [1.82, 2.24) is 9.55 Å². The van der Waals surface area contributed by atoms with E-state index in [9.17, 15) is 0 Å². The van der Waals surface area contributed by atoms with Gasteiger partial charge in [-0.15, -0.1) is 11.3 Å². The van der Waals surface area contributed by atoms with Gasteiger partial charge in [0.15, 0.2) is 0 Å². The van der Waals surface area contributed by atoms with Gasteiger partial charge >= 0.3 is 0 Å². The Hall–Kier alpha value is -6.49. The van der Waals surface area contributed by atoms with Crippen molar-refractivity contribution in [1.29, 1.82) is 0 Å². The van der Waals surface area contributed by atoms with Gasteiger partial charge < -0.3 is 8.98 Å². The number of benzene rings is 7. The van der Waals surface area contributed by atoms with Crippen LogP contribution in [0.1, 0.15) is 0 Å². The van der Waals surface area contributed by atoms with Gasteiger partial charge in [0.25, 0.3) is 0 Å². The van der Waals surface area contributed by atoms with Gasteiger partial charge in [-0.2, -0.15) is 0 Å². The first-order chi connectivity index (χ1) is 25.3. The molecule has 0 unspecified atom stereocenters. The van der Waals surface area contributed by atoms with E-state index in [0.29, 0.717) is 0 Å². The molecule has 0 bridgehead atoms. The van der Waals surface area contributed by atoms with Crippen LogP contribution < -0.4 is 0 Å². The number of hydrogen-bond acceptors (Lipinski definition) is 3. The van der Waals surface area contributed by atoms with Gasteiger partial charge in [-0.3, -0.25) is 0 Å². The second-order valence-corrected chi connectivity index (χ2v) is 14.1. The first-order valence-electron chi connectivity index (χ1n) is 17.2. The summed E-state index contributed by atoms with van der Waals surface area (Å²) in [4.78, 5) is 5.10. The van der Waals surface area contributed by atoms with Gasteiger partial charge in [-0.25, -0.2) is 4.98 Å². The highest BCUT2D eigenvalue weighted by Gasteiger charge is 2.25. The van der Waals surface area contributed by atoms with Crippen molar-refractivity contribution in [2.45, 2.75) is 0 Å². The average molecular weight is 669 g/mol. The fraction of sp³-hybridized carbons (Fsp3) is 0. The Labute approximate surface area is 297 Å². The summed E-state index contributed by atoms with van der Waals surface area (Å²) in [5.74, 6) is 0. The highest BCUT2D eigenvalue weighted by Crippen LogP contribution is 2.50. The lowest BCUT2D eigenvalue weighted by atomic mass is 9.99. The number of hydrogen-bond donors (Lipinski definition) is 0. The molecule has 238 valence electrons. The molecule has 0 amide bonds. The Balaban J connectivity index is 1.18. The number of nitrogens with zero attached hydrogens (tertiary/aromatic N) is 2. The van der Waals surface area contributed by atoms with Crippen molar-refractivity contribution in [3.63, 3.8) is 0 Å². The van der Waals surface area contributed by atoms with Gasteiger partial charge in [-0.05, 0) is 53.6 Å². The normalized spacial score (nSPS) is 11.9. The number of pyridine rings is 1. The molecule has 4 aromatic heterocycles. The fourth-order valence-electron chi connectivity index (χ4n) is 7.89. The van der Waals surface area contributed by atoms with E-state index in [1.165, 1.54) is 36.5 Å². The molecule has 4 heteroatoms. The van der Waals surface area contributed by atoms with Gasteiger partial charge in [0.2, 0.25) is 0 Å². The SMILES string of the molecule is c1ccc(-c2cc(-c3ccc(-n4c5ccccc5c5c6oc7ccccc7c6c6sc7ccccc7c6c54)cc3)cc(-c3ccccc3)n2)cc1. The zero-order chi connectivity index (χ0) is 33.5. The molecule has 0 fully saturated rings. The topological polar surface area (TPSA) is 31.0 Å². The van der Waals surface area contributed by atoms with Crippen molar-refractivity contribution in [2.24, 2.45) is 0 Å². The minimum absolute atomic E-state index is 0.919. The van der Waals surface area contributed by atoms with Crippen LogP contribution in [0.25, 0.3) is 103 Å².